The average molecular weight is 351 g/mol. The summed E-state index contributed by atoms with van der Waals surface area (Å²) in [7, 11) is 1.38. The Balaban J connectivity index is 2.26. The van der Waals surface area contributed by atoms with Crippen LogP contribution in [0, 0.1) is 0 Å². The van der Waals surface area contributed by atoms with Crippen LogP contribution >= 0.6 is 34.7 Å². The maximum Gasteiger partial charge on any atom is 0.321 e. The molecule has 0 aliphatic rings. The van der Waals surface area contributed by atoms with E-state index in [2.05, 4.69) is 5.32 Å². The zero-order chi connectivity index (χ0) is 15.8. The number of rotatable bonds is 6. The van der Waals surface area contributed by atoms with Gasteiger partial charge in [-0.05, 0) is 19.1 Å². The summed E-state index contributed by atoms with van der Waals surface area (Å²) in [5, 5.41) is 4.27. The Morgan fingerprint density at radius 3 is 2.71 bits per heavy atom. The van der Waals surface area contributed by atoms with Crippen LogP contribution in [0.5, 0.6) is 0 Å². The summed E-state index contributed by atoms with van der Waals surface area (Å²) in [6.45, 7) is 1.40. The lowest BCUT2D eigenvalue weighted by Crippen LogP contribution is -2.43. The van der Waals surface area contributed by atoms with Gasteiger partial charge >= 0.3 is 12.0 Å². The fraction of sp³-hybridized carbons (Fsp3) is 0.417. The SMILES string of the molecule is CNC(=O)NC(=O)[C@@H](C)OC(=O)CSCc1ccc(Cl)s1. The standard InChI is InChI=1S/C12H15ClN2O4S2/c1-7(11(17)15-12(18)14-2)19-10(16)6-20-5-8-3-4-9(13)21-8/h3-4,7H,5-6H2,1-2H3,(H2,14,15,17,18)/t7-/m1/s1. The van der Waals surface area contributed by atoms with Gasteiger partial charge in [0.05, 0.1) is 10.1 Å². The second kappa shape index (κ2) is 8.91. The number of thiophene rings is 1. The van der Waals surface area contributed by atoms with E-state index in [4.69, 9.17) is 16.3 Å². The molecule has 0 spiro atoms. The lowest BCUT2D eigenvalue weighted by atomic mass is 10.4. The van der Waals surface area contributed by atoms with Crippen molar-refractivity contribution in [3.63, 3.8) is 0 Å². The number of hydrogen-bond acceptors (Lipinski definition) is 6. The molecule has 0 saturated heterocycles. The molecule has 1 aromatic heterocycles. The summed E-state index contributed by atoms with van der Waals surface area (Å²) in [4.78, 5) is 35.0. The number of ether oxygens (including phenoxy) is 1. The van der Waals surface area contributed by atoms with E-state index in [9.17, 15) is 14.4 Å². The van der Waals surface area contributed by atoms with Crippen molar-refractivity contribution in [2.45, 2.75) is 18.8 Å². The van der Waals surface area contributed by atoms with Crippen molar-refractivity contribution in [3.8, 4) is 0 Å². The average Bonchev–Trinajstić information content (AvgIpc) is 2.84. The van der Waals surface area contributed by atoms with Gasteiger partial charge < -0.3 is 10.1 Å². The van der Waals surface area contributed by atoms with Crippen LogP contribution in [0.4, 0.5) is 4.79 Å². The van der Waals surface area contributed by atoms with Crippen molar-refractivity contribution in [2.75, 3.05) is 12.8 Å². The second-order valence-corrected chi connectivity index (χ2v) is 6.68. The Morgan fingerprint density at radius 2 is 2.14 bits per heavy atom. The molecule has 0 aromatic carbocycles. The molecule has 1 rings (SSSR count). The zero-order valence-corrected chi connectivity index (χ0v) is 13.9. The number of amides is 3. The summed E-state index contributed by atoms with van der Waals surface area (Å²) in [5.41, 5.74) is 0. The summed E-state index contributed by atoms with van der Waals surface area (Å²) in [5.74, 6) is -0.418. The van der Waals surface area contributed by atoms with Crippen LogP contribution in [0.2, 0.25) is 4.34 Å². The summed E-state index contributed by atoms with van der Waals surface area (Å²) >= 11 is 8.62. The molecule has 1 aromatic rings. The molecule has 2 N–H and O–H groups in total. The first kappa shape index (κ1) is 17.8. The number of nitrogens with one attached hydrogen (secondary N) is 2. The molecule has 0 saturated carbocycles. The third-order valence-electron chi connectivity index (χ3n) is 2.23. The number of halogens is 1. The number of esters is 1. The predicted octanol–water partition coefficient (Wildman–Crippen LogP) is 2.02. The molecule has 0 fully saturated rings. The number of thioether (sulfide) groups is 1. The molecule has 0 aliphatic carbocycles. The number of carbonyl (C=O) groups is 3. The Bertz CT molecular complexity index is 521. The summed E-state index contributed by atoms with van der Waals surface area (Å²) in [6, 6.07) is 3.04. The number of hydrogen-bond donors (Lipinski definition) is 2. The Labute approximate surface area is 135 Å². The number of urea groups is 1. The van der Waals surface area contributed by atoms with E-state index in [1.54, 1.807) is 6.07 Å². The van der Waals surface area contributed by atoms with Gasteiger partial charge in [0.2, 0.25) is 0 Å². The maximum absolute atomic E-state index is 11.6. The molecule has 0 radical (unpaired) electrons. The second-order valence-electron chi connectivity index (χ2n) is 3.90. The molecule has 0 unspecified atom stereocenters. The first-order valence-corrected chi connectivity index (χ1v) is 8.31. The van der Waals surface area contributed by atoms with Crippen LogP contribution in [0.3, 0.4) is 0 Å². The van der Waals surface area contributed by atoms with Gasteiger partial charge in [0.25, 0.3) is 5.91 Å². The van der Waals surface area contributed by atoms with Crippen LogP contribution in [0.1, 0.15) is 11.8 Å². The van der Waals surface area contributed by atoms with Gasteiger partial charge in [-0.1, -0.05) is 11.6 Å². The molecule has 1 atom stereocenters. The van der Waals surface area contributed by atoms with Gasteiger partial charge in [0.1, 0.15) is 0 Å². The minimum Gasteiger partial charge on any atom is -0.452 e. The molecule has 0 aliphatic heterocycles. The number of imide groups is 1. The minimum absolute atomic E-state index is 0.118. The van der Waals surface area contributed by atoms with Gasteiger partial charge in [0, 0.05) is 17.7 Å². The predicted molar refractivity (Wildman–Crippen MR) is 83.6 cm³/mol. The highest BCUT2D eigenvalue weighted by Crippen LogP contribution is 2.25. The largest absolute Gasteiger partial charge is 0.452 e. The van der Waals surface area contributed by atoms with Crippen molar-refractivity contribution in [1.29, 1.82) is 0 Å². The smallest absolute Gasteiger partial charge is 0.321 e. The molecular weight excluding hydrogens is 336 g/mol. The van der Waals surface area contributed by atoms with Crippen molar-refractivity contribution in [1.82, 2.24) is 10.6 Å². The topological polar surface area (TPSA) is 84.5 Å². The fourth-order valence-corrected chi connectivity index (χ4v) is 3.23. The Hall–Kier alpha value is -1.25. The van der Waals surface area contributed by atoms with Crippen LogP contribution in [-0.2, 0) is 20.1 Å². The van der Waals surface area contributed by atoms with Crippen molar-refractivity contribution in [2.24, 2.45) is 0 Å². The highest BCUT2D eigenvalue weighted by molar-refractivity contribution is 7.99. The lowest BCUT2D eigenvalue weighted by Gasteiger charge is -2.12. The van der Waals surface area contributed by atoms with E-state index in [0.29, 0.717) is 10.1 Å². The van der Waals surface area contributed by atoms with E-state index in [1.807, 2.05) is 11.4 Å². The molecule has 9 heteroatoms. The van der Waals surface area contributed by atoms with Crippen LogP contribution in [-0.4, -0.2) is 36.8 Å². The van der Waals surface area contributed by atoms with Gasteiger partial charge in [-0.2, -0.15) is 0 Å². The van der Waals surface area contributed by atoms with Crippen molar-refractivity contribution in [3.05, 3.63) is 21.3 Å². The van der Waals surface area contributed by atoms with Crippen LogP contribution in [0.15, 0.2) is 12.1 Å². The lowest BCUT2D eigenvalue weighted by molar-refractivity contribution is -0.151. The Kier molecular flexibility index (Phi) is 7.55. The Morgan fingerprint density at radius 1 is 1.43 bits per heavy atom. The maximum atomic E-state index is 11.6. The van der Waals surface area contributed by atoms with Gasteiger partial charge in [-0.25, -0.2) is 4.79 Å². The van der Waals surface area contributed by atoms with Crippen molar-refractivity contribution < 1.29 is 19.1 Å². The molecule has 1 heterocycles. The number of carbonyl (C=O) groups excluding carboxylic acids is 3. The summed E-state index contributed by atoms with van der Waals surface area (Å²) in [6.07, 6.45) is -1.02. The first-order chi connectivity index (χ1) is 9.92. The van der Waals surface area contributed by atoms with E-state index in [-0.39, 0.29) is 5.75 Å². The van der Waals surface area contributed by atoms with E-state index in [1.165, 1.54) is 37.1 Å². The zero-order valence-electron chi connectivity index (χ0n) is 11.5. The van der Waals surface area contributed by atoms with Crippen LogP contribution < -0.4 is 10.6 Å². The molecule has 0 bridgehead atoms. The first-order valence-electron chi connectivity index (χ1n) is 5.96. The van der Waals surface area contributed by atoms with E-state index >= 15 is 0 Å². The van der Waals surface area contributed by atoms with Gasteiger partial charge in [0.15, 0.2) is 6.10 Å². The molecule has 6 nitrogen and oxygen atoms in total. The highest BCUT2D eigenvalue weighted by Gasteiger charge is 2.19. The van der Waals surface area contributed by atoms with Gasteiger partial charge in [-0.3, -0.25) is 14.9 Å². The minimum atomic E-state index is -1.02. The fourth-order valence-electron chi connectivity index (χ4n) is 1.23. The molecular formula is C12H15ClN2O4S2. The molecule has 21 heavy (non-hydrogen) atoms. The molecule has 116 valence electrons. The third kappa shape index (κ3) is 6.83. The normalized spacial score (nSPS) is 11.6. The molecule has 3 amide bonds. The monoisotopic (exact) mass is 350 g/mol. The van der Waals surface area contributed by atoms with E-state index in [0.717, 1.165) is 4.88 Å². The third-order valence-corrected chi connectivity index (χ3v) is 4.60. The van der Waals surface area contributed by atoms with Crippen LogP contribution in [0.25, 0.3) is 0 Å². The quantitative estimate of drug-likeness (QED) is 0.767. The van der Waals surface area contributed by atoms with Gasteiger partial charge in [-0.15, -0.1) is 23.1 Å². The van der Waals surface area contributed by atoms with Crippen molar-refractivity contribution >= 4 is 52.6 Å². The van der Waals surface area contributed by atoms with E-state index < -0.39 is 24.0 Å². The highest BCUT2D eigenvalue weighted by atomic mass is 35.5. The summed E-state index contributed by atoms with van der Waals surface area (Å²) < 4.78 is 5.63.